The second kappa shape index (κ2) is 6.25. The number of piperidine rings is 1. The molecule has 5 heterocycles. The SMILES string of the molecule is CC(C)(C)c1nnc2ccc(N3CCC(c4nnc5ccccn45)CC3)nn12. The molecule has 0 spiro atoms. The smallest absolute Gasteiger partial charge is 0.178 e. The van der Waals surface area contributed by atoms with Crippen LogP contribution in [0.5, 0.6) is 0 Å². The molecular formula is C20H24N8. The van der Waals surface area contributed by atoms with Crippen LogP contribution < -0.4 is 4.90 Å². The molecule has 0 aromatic carbocycles. The molecule has 1 aliphatic rings. The van der Waals surface area contributed by atoms with Gasteiger partial charge in [-0.15, -0.1) is 25.5 Å². The Balaban J connectivity index is 1.38. The monoisotopic (exact) mass is 376 g/mol. The maximum absolute atomic E-state index is 4.85. The second-order valence-corrected chi connectivity index (χ2v) is 8.48. The number of hydrogen-bond donors (Lipinski definition) is 0. The van der Waals surface area contributed by atoms with E-state index in [4.69, 9.17) is 5.10 Å². The Hall–Kier alpha value is -3.03. The normalized spacial score (nSPS) is 16.3. The van der Waals surface area contributed by atoms with Crippen LogP contribution in [-0.4, -0.2) is 47.5 Å². The van der Waals surface area contributed by atoms with Gasteiger partial charge in [-0.1, -0.05) is 26.8 Å². The summed E-state index contributed by atoms with van der Waals surface area (Å²) in [6, 6.07) is 10.1. The van der Waals surface area contributed by atoms with Crippen molar-refractivity contribution >= 4 is 17.1 Å². The van der Waals surface area contributed by atoms with Crippen LogP contribution in [0, 0.1) is 0 Å². The summed E-state index contributed by atoms with van der Waals surface area (Å²) >= 11 is 0. The molecule has 0 bridgehead atoms. The van der Waals surface area contributed by atoms with E-state index < -0.39 is 0 Å². The fourth-order valence-corrected chi connectivity index (χ4v) is 3.92. The second-order valence-electron chi connectivity index (χ2n) is 8.48. The molecular weight excluding hydrogens is 352 g/mol. The summed E-state index contributed by atoms with van der Waals surface area (Å²) in [5.74, 6) is 3.33. The van der Waals surface area contributed by atoms with E-state index in [1.54, 1.807) is 0 Å². The topological polar surface area (TPSA) is 76.5 Å². The van der Waals surface area contributed by atoms with Gasteiger partial charge in [0.2, 0.25) is 0 Å². The molecule has 0 unspecified atom stereocenters. The molecule has 5 rings (SSSR count). The zero-order valence-corrected chi connectivity index (χ0v) is 16.4. The molecule has 144 valence electrons. The average Bonchev–Trinajstić information content (AvgIpc) is 3.31. The molecule has 0 radical (unpaired) electrons. The maximum Gasteiger partial charge on any atom is 0.178 e. The molecule has 0 amide bonds. The highest BCUT2D eigenvalue weighted by atomic mass is 15.4. The van der Waals surface area contributed by atoms with Gasteiger partial charge in [0, 0.05) is 30.6 Å². The first-order valence-electron chi connectivity index (χ1n) is 9.78. The van der Waals surface area contributed by atoms with Crippen LogP contribution in [0.2, 0.25) is 0 Å². The minimum absolute atomic E-state index is 0.104. The fraction of sp³-hybridized carbons (Fsp3) is 0.450. The Labute approximate surface area is 163 Å². The molecule has 0 N–H and O–H groups in total. The van der Waals surface area contributed by atoms with E-state index in [1.165, 1.54) is 0 Å². The molecule has 8 heteroatoms. The van der Waals surface area contributed by atoms with Crippen molar-refractivity contribution in [2.45, 2.75) is 44.9 Å². The first-order chi connectivity index (χ1) is 13.5. The molecule has 4 aromatic rings. The van der Waals surface area contributed by atoms with Gasteiger partial charge in [-0.25, -0.2) is 0 Å². The lowest BCUT2D eigenvalue weighted by Crippen LogP contribution is -2.34. The molecule has 4 aromatic heterocycles. The average molecular weight is 376 g/mol. The summed E-state index contributed by atoms with van der Waals surface area (Å²) < 4.78 is 3.99. The predicted molar refractivity (Wildman–Crippen MR) is 107 cm³/mol. The standard InChI is InChI=1S/C20H24N8/c1-20(2,3)19-24-22-16-7-8-17(25-28(16)19)26-12-9-14(10-13-26)18-23-21-15-6-4-5-11-27(15)18/h4-8,11,14H,9-10,12-13H2,1-3H3. The Bertz CT molecular complexity index is 1130. The fourth-order valence-electron chi connectivity index (χ4n) is 3.92. The summed E-state index contributed by atoms with van der Waals surface area (Å²) in [4.78, 5) is 2.34. The first kappa shape index (κ1) is 17.1. The van der Waals surface area contributed by atoms with Gasteiger partial charge in [-0.05, 0) is 37.1 Å². The van der Waals surface area contributed by atoms with Gasteiger partial charge in [-0.2, -0.15) is 4.52 Å². The van der Waals surface area contributed by atoms with Crippen LogP contribution in [0.3, 0.4) is 0 Å². The van der Waals surface area contributed by atoms with E-state index in [2.05, 4.69) is 50.5 Å². The van der Waals surface area contributed by atoms with Crippen molar-refractivity contribution in [1.82, 2.24) is 34.4 Å². The molecule has 1 fully saturated rings. The maximum atomic E-state index is 4.85. The summed E-state index contributed by atoms with van der Waals surface area (Å²) in [6.45, 7) is 8.28. The largest absolute Gasteiger partial charge is 0.355 e. The minimum Gasteiger partial charge on any atom is -0.355 e. The van der Waals surface area contributed by atoms with Crippen molar-refractivity contribution in [3.05, 3.63) is 48.2 Å². The molecule has 28 heavy (non-hydrogen) atoms. The zero-order chi connectivity index (χ0) is 19.3. The van der Waals surface area contributed by atoms with Gasteiger partial charge < -0.3 is 4.90 Å². The summed E-state index contributed by atoms with van der Waals surface area (Å²) in [7, 11) is 0. The van der Waals surface area contributed by atoms with Crippen LogP contribution in [0.1, 0.15) is 51.2 Å². The van der Waals surface area contributed by atoms with Crippen molar-refractivity contribution in [3.8, 4) is 0 Å². The third-order valence-corrected chi connectivity index (χ3v) is 5.44. The van der Waals surface area contributed by atoms with E-state index in [1.807, 2.05) is 41.0 Å². The molecule has 0 atom stereocenters. The van der Waals surface area contributed by atoms with E-state index >= 15 is 0 Å². The van der Waals surface area contributed by atoms with E-state index in [0.29, 0.717) is 5.92 Å². The van der Waals surface area contributed by atoms with Gasteiger partial charge in [0.15, 0.2) is 17.1 Å². The van der Waals surface area contributed by atoms with Crippen LogP contribution in [-0.2, 0) is 5.41 Å². The predicted octanol–water partition coefficient (Wildman–Crippen LogP) is 2.85. The Morgan fingerprint density at radius 1 is 0.893 bits per heavy atom. The third kappa shape index (κ3) is 2.80. The van der Waals surface area contributed by atoms with Crippen LogP contribution in [0.4, 0.5) is 5.82 Å². The van der Waals surface area contributed by atoms with Gasteiger partial charge >= 0.3 is 0 Å². The van der Waals surface area contributed by atoms with Crippen molar-refractivity contribution in [2.24, 2.45) is 0 Å². The van der Waals surface area contributed by atoms with E-state index in [9.17, 15) is 0 Å². The van der Waals surface area contributed by atoms with Gasteiger partial charge in [0.05, 0.1) is 0 Å². The van der Waals surface area contributed by atoms with E-state index in [-0.39, 0.29) is 5.41 Å². The lowest BCUT2D eigenvalue weighted by Gasteiger charge is -2.32. The van der Waals surface area contributed by atoms with Crippen molar-refractivity contribution in [2.75, 3.05) is 18.0 Å². The Morgan fingerprint density at radius 3 is 2.46 bits per heavy atom. The van der Waals surface area contributed by atoms with Gasteiger partial charge in [-0.3, -0.25) is 4.40 Å². The molecule has 1 aliphatic heterocycles. The highest BCUT2D eigenvalue weighted by Crippen LogP contribution is 2.29. The highest BCUT2D eigenvalue weighted by molar-refractivity contribution is 5.47. The summed E-state index contributed by atoms with van der Waals surface area (Å²) in [6.07, 6.45) is 4.11. The lowest BCUT2D eigenvalue weighted by atomic mass is 9.96. The lowest BCUT2D eigenvalue weighted by molar-refractivity contribution is 0.477. The first-order valence-corrected chi connectivity index (χ1v) is 9.78. The molecule has 8 nitrogen and oxygen atoms in total. The molecule has 1 saturated heterocycles. The highest BCUT2D eigenvalue weighted by Gasteiger charge is 2.26. The van der Waals surface area contributed by atoms with Crippen molar-refractivity contribution in [3.63, 3.8) is 0 Å². The number of fused-ring (bicyclic) bond motifs is 2. The number of hydrogen-bond acceptors (Lipinski definition) is 6. The van der Waals surface area contributed by atoms with Gasteiger partial charge in [0.1, 0.15) is 11.6 Å². The zero-order valence-electron chi connectivity index (χ0n) is 16.4. The summed E-state index contributed by atoms with van der Waals surface area (Å²) in [5, 5.41) is 22.2. The Kier molecular flexibility index (Phi) is 3.82. The van der Waals surface area contributed by atoms with Crippen molar-refractivity contribution < 1.29 is 0 Å². The number of pyridine rings is 1. The van der Waals surface area contributed by atoms with E-state index in [0.717, 1.165) is 54.7 Å². The summed E-state index contributed by atoms with van der Waals surface area (Å²) in [5.41, 5.74) is 1.60. The minimum atomic E-state index is -0.104. The number of nitrogens with zero attached hydrogens (tertiary/aromatic N) is 8. The van der Waals surface area contributed by atoms with Crippen LogP contribution in [0.15, 0.2) is 36.5 Å². The number of anilines is 1. The quantitative estimate of drug-likeness (QED) is 0.535. The number of rotatable bonds is 2. The molecule has 0 aliphatic carbocycles. The number of aromatic nitrogens is 7. The van der Waals surface area contributed by atoms with Crippen LogP contribution >= 0.6 is 0 Å². The Morgan fingerprint density at radius 2 is 1.68 bits per heavy atom. The van der Waals surface area contributed by atoms with Crippen LogP contribution in [0.25, 0.3) is 11.3 Å². The van der Waals surface area contributed by atoms with Gasteiger partial charge in [0.25, 0.3) is 0 Å². The third-order valence-electron chi connectivity index (χ3n) is 5.44. The molecule has 0 saturated carbocycles. The van der Waals surface area contributed by atoms with Crippen molar-refractivity contribution in [1.29, 1.82) is 0 Å².